The van der Waals surface area contributed by atoms with Crippen LogP contribution in [0.4, 0.5) is 5.13 Å². The van der Waals surface area contributed by atoms with E-state index in [1.54, 1.807) is 18.3 Å². The Kier molecular flexibility index (Phi) is 4.67. The van der Waals surface area contributed by atoms with Crippen molar-refractivity contribution in [3.8, 4) is 0 Å². The maximum Gasteiger partial charge on any atom is 0.230 e. The Labute approximate surface area is 107 Å². The van der Waals surface area contributed by atoms with E-state index in [2.05, 4.69) is 10.3 Å². The predicted octanol–water partition coefficient (Wildman–Crippen LogP) is 2.31. The summed E-state index contributed by atoms with van der Waals surface area (Å²) in [5, 5.41) is 5.41. The van der Waals surface area contributed by atoms with Crippen molar-refractivity contribution in [3.05, 3.63) is 11.4 Å². The van der Waals surface area contributed by atoms with Crippen LogP contribution in [0.15, 0.2) is 11.4 Å². The van der Waals surface area contributed by atoms with Gasteiger partial charge in [-0.05, 0) is 11.4 Å². The minimum absolute atomic E-state index is 0. The van der Waals surface area contributed by atoms with Crippen molar-refractivity contribution in [3.63, 3.8) is 0 Å². The average Bonchev–Trinajstić information content (AvgIpc) is 2.76. The number of hydrogen-bond donors (Lipinski definition) is 2. The third-order valence-corrected chi connectivity index (χ3v) is 4.07. The highest BCUT2D eigenvalue weighted by molar-refractivity contribution is 7.39. The van der Waals surface area contributed by atoms with Crippen LogP contribution in [0.5, 0.6) is 0 Å². The lowest BCUT2D eigenvalue weighted by atomic mass is 10.2. The van der Waals surface area contributed by atoms with E-state index in [0.717, 1.165) is 9.53 Å². The molecule has 0 aliphatic carbocycles. The zero-order valence-electron chi connectivity index (χ0n) is 8.60. The van der Waals surface area contributed by atoms with Crippen LogP contribution >= 0.6 is 35.1 Å². The molecule has 0 aliphatic heterocycles. The predicted molar refractivity (Wildman–Crippen MR) is 71.6 cm³/mol. The van der Waals surface area contributed by atoms with Crippen LogP contribution in [0.25, 0.3) is 9.53 Å². The van der Waals surface area contributed by atoms with E-state index in [-0.39, 0.29) is 24.2 Å². The number of rotatable bonds is 3. The van der Waals surface area contributed by atoms with Gasteiger partial charge in [0.1, 0.15) is 4.01 Å². The Balaban J connectivity index is 0.00000128. The molecule has 2 aromatic rings. The van der Waals surface area contributed by atoms with Crippen molar-refractivity contribution < 1.29 is 4.79 Å². The van der Waals surface area contributed by atoms with Crippen molar-refractivity contribution in [2.75, 3.05) is 11.9 Å². The van der Waals surface area contributed by atoms with Gasteiger partial charge < -0.3 is 11.1 Å². The first-order valence-electron chi connectivity index (χ1n) is 4.55. The molecule has 0 radical (unpaired) electrons. The number of nitrogens with zero attached hydrogens (tertiary/aromatic N) is 1. The summed E-state index contributed by atoms with van der Waals surface area (Å²) >= 11 is 3.12. The molecule has 2 rings (SSSR count). The highest BCUT2D eigenvalue weighted by Crippen LogP contribution is 2.30. The van der Waals surface area contributed by atoms with Crippen molar-refractivity contribution >= 4 is 55.6 Å². The molecule has 1 atom stereocenters. The summed E-state index contributed by atoms with van der Waals surface area (Å²) in [5.74, 6) is -0.245. The van der Waals surface area contributed by atoms with Gasteiger partial charge in [-0.15, -0.1) is 23.7 Å². The van der Waals surface area contributed by atoms with Crippen LogP contribution < -0.4 is 11.1 Å². The number of hydrogen-bond acceptors (Lipinski definition) is 5. The number of halogens is 1. The summed E-state index contributed by atoms with van der Waals surface area (Å²) in [5.41, 5.74) is 6.35. The van der Waals surface area contributed by atoms with Crippen LogP contribution in [0, 0.1) is 5.92 Å². The highest BCUT2D eigenvalue weighted by atomic mass is 35.5. The van der Waals surface area contributed by atoms with Gasteiger partial charge >= 0.3 is 0 Å². The molecule has 0 aliphatic rings. The van der Waals surface area contributed by atoms with Gasteiger partial charge in [0.05, 0.1) is 5.52 Å². The summed E-state index contributed by atoms with van der Waals surface area (Å²) in [6.07, 6.45) is 0. The van der Waals surface area contributed by atoms with Gasteiger partial charge in [-0.1, -0.05) is 18.3 Å². The van der Waals surface area contributed by atoms with Crippen molar-refractivity contribution in [1.29, 1.82) is 0 Å². The smallest absolute Gasteiger partial charge is 0.230 e. The van der Waals surface area contributed by atoms with E-state index < -0.39 is 0 Å². The van der Waals surface area contributed by atoms with Gasteiger partial charge in [-0.2, -0.15) is 0 Å². The molecule has 88 valence electrons. The molecule has 2 aromatic heterocycles. The second kappa shape index (κ2) is 5.58. The van der Waals surface area contributed by atoms with Crippen LogP contribution in [-0.4, -0.2) is 17.4 Å². The normalized spacial score (nSPS) is 12.1. The number of carbonyl (C=O) groups is 1. The summed E-state index contributed by atoms with van der Waals surface area (Å²) in [6, 6.07) is 1.94. The Morgan fingerprint density at radius 3 is 3.06 bits per heavy atom. The van der Waals surface area contributed by atoms with E-state index in [0.29, 0.717) is 11.7 Å². The minimum atomic E-state index is -0.174. The Morgan fingerprint density at radius 2 is 2.44 bits per heavy atom. The lowest BCUT2D eigenvalue weighted by Gasteiger charge is -2.06. The molecule has 2 heterocycles. The number of carbonyl (C=O) groups excluding carboxylic acids is 1. The molecule has 0 fully saturated rings. The first-order valence-corrected chi connectivity index (χ1v) is 6.25. The maximum absolute atomic E-state index is 11.5. The largest absolute Gasteiger partial charge is 0.330 e. The van der Waals surface area contributed by atoms with Crippen LogP contribution in [0.2, 0.25) is 0 Å². The molecule has 0 aromatic carbocycles. The minimum Gasteiger partial charge on any atom is -0.330 e. The van der Waals surface area contributed by atoms with Crippen LogP contribution in [-0.2, 0) is 4.79 Å². The number of thiophene rings is 1. The molecule has 16 heavy (non-hydrogen) atoms. The molecule has 1 unspecified atom stereocenters. The van der Waals surface area contributed by atoms with Gasteiger partial charge in [0.25, 0.3) is 0 Å². The number of nitrogens with two attached hydrogens (primary N) is 1. The Hall–Kier alpha value is -0.690. The van der Waals surface area contributed by atoms with Gasteiger partial charge in [-0.25, -0.2) is 4.98 Å². The fraction of sp³-hybridized carbons (Fsp3) is 0.333. The van der Waals surface area contributed by atoms with Gasteiger partial charge in [0, 0.05) is 12.5 Å². The summed E-state index contributed by atoms with van der Waals surface area (Å²) < 4.78 is 1.13. The first-order chi connectivity index (χ1) is 7.20. The zero-order valence-corrected chi connectivity index (χ0v) is 11.0. The van der Waals surface area contributed by atoms with E-state index in [1.807, 2.05) is 11.4 Å². The molecule has 0 bridgehead atoms. The van der Waals surface area contributed by atoms with E-state index >= 15 is 0 Å². The number of aromatic nitrogens is 1. The molecular formula is C9H12ClN3OS2. The van der Waals surface area contributed by atoms with E-state index in [4.69, 9.17) is 5.73 Å². The van der Waals surface area contributed by atoms with Crippen LogP contribution in [0.3, 0.4) is 0 Å². The fourth-order valence-electron chi connectivity index (χ4n) is 1.06. The third kappa shape index (κ3) is 2.70. The maximum atomic E-state index is 11.5. The number of anilines is 1. The number of thiazole rings is 1. The topological polar surface area (TPSA) is 68.0 Å². The Bertz CT molecular complexity index is 453. The number of nitrogens with one attached hydrogen (secondary N) is 1. The second-order valence-electron chi connectivity index (χ2n) is 3.24. The first kappa shape index (κ1) is 13.4. The standard InChI is InChI=1S/C9H11N3OS2.ClH/c1-5(4-10)7(13)12-9-11-6-2-3-14-8(6)15-9;/h2-3,5H,4,10H2,1H3,(H,11,12,13);1H. The third-order valence-electron chi connectivity index (χ3n) is 2.05. The van der Waals surface area contributed by atoms with Crippen molar-refractivity contribution in [2.45, 2.75) is 6.92 Å². The van der Waals surface area contributed by atoms with Gasteiger partial charge in [-0.3, -0.25) is 4.79 Å². The second-order valence-corrected chi connectivity index (χ2v) is 5.41. The quantitative estimate of drug-likeness (QED) is 0.905. The summed E-state index contributed by atoms with van der Waals surface area (Å²) in [7, 11) is 0. The van der Waals surface area contributed by atoms with Gasteiger partial charge in [0.2, 0.25) is 5.91 Å². The SMILES string of the molecule is CC(CN)C(=O)Nc1nc2ccsc2s1.Cl. The average molecular weight is 278 g/mol. The molecule has 7 heteroatoms. The number of fused-ring (bicyclic) bond motifs is 1. The summed E-state index contributed by atoms with van der Waals surface area (Å²) in [4.78, 5) is 15.8. The molecular weight excluding hydrogens is 266 g/mol. The van der Waals surface area contributed by atoms with E-state index in [9.17, 15) is 4.79 Å². The lowest BCUT2D eigenvalue weighted by Crippen LogP contribution is -2.26. The molecule has 0 saturated carbocycles. The van der Waals surface area contributed by atoms with Crippen molar-refractivity contribution in [1.82, 2.24) is 4.98 Å². The number of amides is 1. The highest BCUT2D eigenvalue weighted by Gasteiger charge is 2.13. The summed E-state index contributed by atoms with van der Waals surface area (Å²) in [6.45, 7) is 2.15. The van der Waals surface area contributed by atoms with Gasteiger partial charge in [0.15, 0.2) is 5.13 Å². The van der Waals surface area contributed by atoms with Crippen molar-refractivity contribution in [2.24, 2.45) is 11.7 Å². The monoisotopic (exact) mass is 277 g/mol. The molecule has 1 amide bonds. The molecule has 0 saturated heterocycles. The zero-order chi connectivity index (χ0) is 10.8. The fourth-order valence-corrected chi connectivity index (χ4v) is 2.90. The molecule has 0 spiro atoms. The van der Waals surface area contributed by atoms with E-state index in [1.165, 1.54) is 11.3 Å². The molecule has 3 N–H and O–H groups in total. The Morgan fingerprint density at radius 1 is 1.69 bits per heavy atom. The molecule has 4 nitrogen and oxygen atoms in total. The lowest BCUT2D eigenvalue weighted by molar-refractivity contribution is -0.119. The van der Waals surface area contributed by atoms with Crippen LogP contribution in [0.1, 0.15) is 6.92 Å².